The van der Waals surface area contributed by atoms with E-state index >= 15 is 0 Å². The van der Waals surface area contributed by atoms with Gasteiger partial charge < -0.3 is 10.6 Å². The fourth-order valence-corrected chi connectivity index (χ4v) is 3.20. The van der Waals surface area contributed by atoms with Gasteiger partial charge in [0, 0.05) is 17.6 Å². The molecule has 2 atom stereocenters. The van der Waals surface area contributed by atoms with E-state index in [1.807, 2.05) is 0 Å². The van der Waals surface area contributed by atoms with Crippen LogP contribution in [0.3, 0.4) is 0 Å². The van der Waals surface area contributed by atoms with Crippen molar-refractivity contribution in [3.63, 3.8) is 0 Å². The molecule has 1 heterocycles. The predicted molar refractivity (Wildman–Crippen MR) is 65.1 cm³/mol. The Kier molecular flexibility index (Phi) is 3.68. The Labute approximate surface area is 94.2 Å². The van der Waals surface area contributed by atoms with Crippen molar-refractivity contribution >= 4 is 0 Å². The summed E-state index contributed by atoms with van der Waals surface area (Å²) in [6.07, 6.45) is 9.54. The minimum Gasteiger partial charge on any atom is -0.311 e. The fraction of sp³-hybridized carbons (Fsp3) is 1.00. The monoisotopic (exact) mass is 210 g/mol. The summed E-state index contributed by atoms with van der Waals surface area (Å²) in [7, 11) is 0. The lowest BCUT2D eigenvalue weighted by Crippen LogP contribution is -2.59. The zero-order valence-electron chi connectivity index (χ0n) is 10.3. The van der Waals surface area contributed by atoms with Crippen LogP contribution in [0.15, 0.2) is 0 Å². The molecule has 2 N–H and O–H groups in total. The zero-order valence-corrected chi connectivity index (χ0v) is 10.3. The number of piperidine rings is 1. The summed E-state index contributed by atoms with van der Waals surface area (Å²) in [6.45, 7) is 5.82. The van der Waals surface area contributed by atoms with Crippen molar-refractivity contribution in [2.75, 3.05) is 6.54 Å². The second-order valence-electron chi connectivity index (χ2n) is 5.61. The maximum absolute atomic E-state index is 3.80. The average Bonchev–Trinajstić information content (AvgIpc) is 2.16. The van der Waals surface area contributed by atoms with Crippen molar-refractivity contribution in [2.24, 2.45) is 0 Å². The number of rotatable bonds is 4. The lowest BCUT2D eigenvalue weighted by molar-refractivity contribution is 0.115. The van der Waals surface area contributed by atoms with Crippen molar-refractivity contribution < 1.29 is 0 Å². The minimum atomic E-state index is 0.544. The molecule has 1 saturated heterocycles. The highest BCUT2D eigenvalue weighted by atomic mass is 15.1. The van der Waals surface area contributed by atoms with Crippen molar-refractivity contribution in [3.8, 4) is 0 Å². The summed E-state index contributed by atoms with van der Waals surface area (Å²) in [4.78, 5) is 0. The molecule has 1 aliphatic heterocycles. The minimum absolute atomic E-state index is 0.544. The van der Waals surface area contributed by atoms with Gasteiger partial charge in [0.25, 0.3) is 0 Å². The molecule has 0 aromatic carbocycles. The quantitative estimate of drug-likeness (QED) is 0.745. The summed E-state index contributed by atoms with van der Waals surface area (Å²) < 4.78 is 0. The van der Waals surface area contributed by atoms with Gasteiger partial charge in [0.15, 0.2) is 0 Å². The molecule has 2 unspecified atom stereocenters. The second kappa shape index (κ2) is 4.84. The molecule has 0 aromatic rings. The molecule has 0 aromatic heterocycles. The Hall–Kier alpha value is -0.0800. The molecule has 1 aliphatic carbocycles. The summed E-state index contributed by atoms with van der Waals surface area (Å²) in [5.41, 5.74) is 0.544. The SMILES string of the molecule is CCCC(C)NC1CCNC2(CCC2)C1. The summed E-state index contributed by atoms with van der Waals surface area (Å²) in [5, 5.41) is 7.53. The highest BCUT2D eigenvalue weighted by Crippen LogP contribution is 2.38. The largest absolute Gasteiger partial charge is 0.311 e. The van der Waals surface area contributed by atoms with Gasteiger partial charge in [-0.25, -0.2) is 0 Å². The molecule has 1 spiro atoms. The van der Waals surface area contributed by atoms with Gasteiger partial charge in [-0.2, -0.15) is 0 Å². The van der Waals surface area contributed by atoms with E-state index in [0.29, 0.717) is 11.6 Å². The molecule has 2 rings (SSSR count). The Morgan fingerprint density at radius 1 is 1.47 bits per heavy atom. The van der Waals surface area contributed by atoms with Gasteiger partial charge in [-0.3, -0.25) is 0 Å². The van der Waals surface area contributed by atoms with Gasteiger partial charge in [0.1, 0.15) is 0 Å². The normalized spacial score (nSPS) is 31.2. The molecular formula is C13H26N2. The summed E-state index contributed by atoms with van der Waals surface area (Å²) in [5.74, 6) is 0. The van der Waals surface area contributed by atoms with Crippen molar-refractivity contribution in [3.05, 3.63) is 0 Å². The van der Waals surface area contributed by atoms with Gasteiger partial charge in [-0.15, -0.1) is 0 Å². The standard InChI is InChI=1S/C13H26N2/c1-3-5-11(2)15-12-6-9-14-13(10-12)7-4-8-13/h11-12,14-15H,3-10H2,1-2H3. The van der Waals surface area contributed by atoms with Crippen LogP contribution in [0.2, 0.25) is 0 Å². The van der Waals surface area contributed by atoms with Crippen LogP contribution in [-0.2, 0) is 0 Å². The Morgan fingerprint density at radius 3 is 2.87 bits per heavy atom. The van der Waals surface area contributed by atoms with E-state index < -0.39 is 0 Å². The third-order valence-corrected chi connectivity index (χ3v) is 4.18. The van der Waals surface area contributed by atoms with Gasteiger partial charge in [-0.1, -0.05) is 13.3 Å². The molecule has 15 heavy (non-hydrogen) atoms. The average molecular weight is 210 g/mol. The molecule has 0 bridgehead atoms. The van der Waals surface area contributed by atoms with Crippen LogP contribution in [0, 0.1) is 0 Å². The Balaban J connectivity index is 1.77. The van der Waals surface area contributed by atoms with Crippen LogP contribution in [0.5, 0.6) is 0 Å². The molecule has 2 nitrogen and oxygen atoms in total. The Morgan fingerprint density at radius 2 is 2.27 bits per heavy atom. The highest BCUT2D eigenvalue weighted by molar-refractivity contribution is 5.01. The molecule has 0 amide bonds. The van der Waals surface area contributed by atoms with Crippen LogP contribution in [0.25, 0.3) is 0 Å². The highest BCUT2D eigenvalue weighted by Gasteiger charge is 2.40. The third-order valence-electron chi connectivity index (χ3n) is 4.18. The topological polar surface area (TPSA) is 24.1 Å². The van der Waals surface area contributed by atoms with E-state index in [0.717, 1.165) is 6.04 Å². The smallest absolute Gasteiger partial charge is 0.0196 e. The number of hydrogen-bond donors (Lipinski definition) is 2. The predicted octanol–water partition coefficient (Wildman–Crippen LogP) is 2.44. The molecule has 2 aliphatic rings. The lowest BCUT2D eigenvalue weighted by atomic mass is 9.70. The molecule has 2 heteroatoms. The number of nitrogens with one attached hydrogen (secondary N) is 2. The van der Waals surface area contributed by atoms with Gasteiger partial charge in [0.05, 0.1) is 0 Å². The van der Waals surface area contributed by atoms with E-state index in [-0.39, 0.29) is 0 Å². The summed E-state index contributed by atoms with van der Waals surface area (Å²) in [6, 6.07) is 1.48. The van der Waals surface area contributed by atoms with Gasteiger partial charge in [0.2, 0.25) is 0 Å². The van der Waals surface area contributed by atoms with Crippen LogP contribution in [0.1, 0.15) is 58.8 Å². The fourth-order valence-electron chi connectivity index (χ4n) is 3.20. The van der Waals surface area contributed by atoms with Crippen LogP contribution < -0.4 is 10.6 Å². The van der Waals surface area contributed by atoms with Gasteiger partial charge in [-0.05, 0) is 52.0 Å². The maximum Gasteiger partial charge on any atom is 0.0196 e. The first kappa shape index (κ1) is 11.4. The van der Waals surface area contributed by atoms with Crippen LogP contribution in [-0.4, -0.2) is 24.2 Å². The molecule has 1 saturated carbocycles. The van der Waals surface area contributed by atoms with E-state index in [4.69, 9.17) is 0 Å². The van der Waals surface area contributed by atoms with Crippen molar-refractivity contribution in [2.45, 2.75) is 76.4 Å². The first-order valence-corrected chi connectivity index (χ1v) is 6.75. The van der Waals surface area contributed by atoms with E-state index in [1.54, 1.807) is 0 Å². The lowest BCUT2D eigenvalue weighted by Gasteiger charge is -2.49. The van der Waals surface area contributed by atoms with Crippen molar-refractivity contribution in [1.82, 2.24) is 10.6 Å². The maximum atomic E-state index is 3.80. The molecule has 88 valence electrons. The van der Waals surface area contributed by atoms with Crippen molar-refractivity contribution in [1.29, 1.82) is 0 Å². The second-order valence-corrected chi connectivity index (χ2v) is 5.61. The first-order valence-electron chi connectivity index (χ1n) is 6.75. The van der Waals surface area contributed by atoms with E-state index in [1.165, 1.54) is 51.5 Å². The molecule has 2 fully saturated rings. The first-order chi connectivity index (χ1) is 7.24. The molecular weight excluding hydrogens is 184 g/mol. The van der Waals surface area contributed by atoms with Crippen LogP contribution >= 0.6 is 0 Å². The van der Waals surface area contributed by atoms with Gasteiger partial charge >= 0.3 is 0 Å². The van der Waals surface area contributed by atoms with E-state index in [2.05, 4.69) is 24.5 Å². The zero-order chi connectivity index (χ0) is 10.7. The third kappa shape index (κ3) is 2.73. The summed E-state index contributed by atoms with van der Waals surface area (Å²) >= 11 is 0. The Bertz CT molecular complexity index is 199. The molecule has 0 radical (unpaired) electrons. The number of hydrogen-bond acceptors (Lipinski definition) is 2. The van der Waals surface area contributed by atoms with E-state index in [9.17, 15) is 0 Å². The van der Waals surface area contributed by atoms with Crippen LogP contribution in [0.4, 0.5) is 0 Å².